The number of hydrogen-bond donors (Lipinski definition) is 1. The number of aryl methyl sites for hydroxylation is 1. The van der Waals surface area contributed by atoms with Crippen LogP contribution in [0.4, 0.5) is 15.8 Å². The molecule has 1 N–H and O–H groups in total. The summed E-state index contributed by atoms with van der Waals surface area (Å²) >= 11 is 0. The molecule has 0 bridgehead atoms. The third-order valence-corrected chi connectivity index (χ3v) is 5.99. The molecule has 4 rings (SSSR count). The Bertz CT molecular complexity index is 1310. The van der Waals surface area contributed by atoms with Crippen molar-refractivity contribution >= 4 is 22.4 Å². The molecule has 1 aromatic carbocycles. The standard InChI is InChI=1S/C22H21FN6O4/c1-26-17-7-6-16(12-24)25-19(17)20(21(22(26)31)29(32)33)28-10-8-27(9-11-28)18(13-30)14-2-4-15(23)5-3-14/h2-7,18,30H,8-11,13H2,1H3. The second-order valence-electron chi connectivity index (χ2n) is 7.77. The van der Waals surface area contributed by atoms with Gasteiger partial charge in [0.05, 0.1) is 23.1 Å². The van der Waals surface area contributed by atoms with Crippen LogP contribution in [0.5, 0.6) is 0 Å². The van der Waals surface area contributed by atoms with Crippen molar-refractivity contribution in [3.63, 3.8) is 0 Å². The first-order valence-electron chi connectivity index (χ1n) is 10.3. The van der Waals surface area contributed by atoms with Crippen LogP contribution in [0.2, 0.25) is 0 Å². The maximum atomic E-state index is 13.3. The van der Waals surface area contributed by atoms with Crippen LogP contribution in [0, 0.1) is 27.3 Å². The highest BCUT2D eigenvalue weighted by Crippen LogP contribution is 2.34. The van der Waals surface area contributed by atoms with E-state index in [1.807, 2.05) is 11.0 Å². The molecule has 0 amide bonds. The van der Waals surface area contributed by atoms with Crippen LogP contribution >= 0.6 is 0 Å². The average molecular weight is 452 g/mol. The van der Waals surface area contributed by atoms with Crippen LogP contribution in [0.3, 0.4) is 0 Å². The lowest BCUT2D eigenvalue weighted by atomic mass is 10.0. The van der Waals surface area contributed by atoms with E-state index >= 15 is 0 Å². The fraction of sp³-hybridized carbons (Fsp3) is 0.318. The van der Waals surface area contributed by atoms with E-state index in [1.165, 1.54) is 25.2 Å². The van der Waals surface area contributed by atoms with Gasteiger partial charge >= 0.3 is 11.2 Å². The number of fused-ring (bicyclic) bond motifs is 1. The van der Waals surface area contributed by atoms with Gasteiger partial charge in [0.25, 0.3) is 0 Å². The van der Waals surface area contributed by atoms with Crippen molar-refractivity contribution in [1.82, 2.24) is 14.5 Å². The topological polar surface area (TPSA) is 129 Å². The van der Waals surface area contributed by atoms with E-state index in [0.29, 0.717) is 31.7 Å². The highest BCUT2D eigenvalue weighted by Gasteiger charge is 2.33. The number of anilines is 1. The number of piperazine rings is 1. The molecule has 1 aliphatic rings. The number of hydrogen-bond acceptors (Lipinski definition) is 8. The van der Waals surface area contributed by atoms with Crippen molar-refractivity contribution in [3.05, 3.63) is 73.9 Å². The molecule has 2 aromatic heterocycles. The van der Waals surface area contributed by atoms with Gasteiger partial charge in [-0.1, -0.05) is 12.1 Å². The third kappa shape index (κ3) is 4.02. The summed E-state index contributed by atoms with van der Waals surface area (Å²) in [6.07, 6.45) is 0. The molecule has 1 aliphatic heterocycles. The molecule has 10 nitrogen and oxygen atoms in total. The Morgan fingerprint density at radius 3 is 2.45 bits per heavy atom. The Labute approximate surface area is 187 Å². The first-order chi connectivity index (χ1) is 15.8. The zero-order valence-electron chi connectivity index (χ0n) is 17.8. The predicted molar refractivity (Wildman–Crippen MR) is 118 cm³/mol. The molecule has 170 valence electrons. The molecule has 0 aliphatic carbocycles. The smallest absolute Gasteiger partial charge is 0.359 e. The van der Waals surface area contributed by atoms with Crippen LogP contribution in [-0.2, 0) is 7.05 Å². The van der Waals surface area contributed by atoms with Crippen molar-refractivity contribution in [1.29, 1.82) is 5.26 Å². The number of aliphatic hydroxyl groups is 1. The Morgan fingerprint density at radius 1 is 1.21 bits per heavy atom. The third-order valence-electron chi connectivity index (χ3n) is 5.99. The number of pyridine rings is 2. The molecule has 3 aromatic rings. The SMILES string of the molecule is Cn1c(=O)c([N+](=O)[O-])c(N2CCN(C(CO)c3ccc(F)cc3)CC2)c2nc(C#N)ccc21. The molecular weight excluding hydrogens is 431 g/mol. The molecule has 1 fully saturated rings. The van der Waals surface area contributed by atoms with Gasteiger partial charge in [0, 0.05) is 33.2 Å². The lowest BCUT2D eigenvalue weighted by Gasteiger charge is -2.39. The lowest BCUT2D eigenvalue weighted by molar-refractivity contribution is -0.385. The Kier molecular flexibility index (Phi) is 6.04. The second-order valence-corrected chi connectivity index (χ2v) is 7.77. The number of benzene rings is 1. The van der Waals surface area contributed by atoms with Crippen molar-refractivity contribution < 1.29 is 14.4 Å². The molecule has 1 unspecified atom stereocenters. The van der Waals surface area contributed by atoms with E-state index in [9.17, 15) is 29.7 Å². The molecule has 11 heteroatoms. The van der Waals surface area contributed by atoms with Crippen molar-refractivity contribution in [3.8, 4) is 6.07 Å². The van der Waals surface area contributed by atoms with Gasteiger partial charge in [0.1, 0.15) is 23.1 Å². The highest BCUT2D eigenvalue weighted by atomic mass is 19.1. The quantitative estimate of drug-likeness (QED) is 0.458. The van der Waals surface area contributed by atoms with E-state index in [-0.39, 0.29) is 35.4 Å². The molecule has 0 spiro atoms. The number of nitro groups is 1. The number of aromatic nitrogens is 2. The van der Waals surface area contributed by atoms with Gasteiger partial charge < -0.3 is 14.6 Å². The van der Waals surface area contributed by atoms with E-state index in [0.717, 1.165) is 10.1 Å². The van der Waals surface area contributed by atoms with E-state index in [1.54, 1.807) is 23.1 Å². The molecule has 1 saturated heterocycles. The van der Waals surface area contributed by atoms with Crippen LogP contribution in [-0.4, -0.2) is 57.3 Å². The fourth-order valence-electron chi connectivity index (χ4n) is 4.28. The molecule has 3 heterocycles. The summed E-state index contributed by atoms with van der Waals surface area (Å²) in [7, 11) is 1.43. The first kappa shape index (κ1) is 22.3. The number of rotatable bonds is 5. The first-order valence-corrected chi connectivity index (χ1v) is 10.3. The van der Waals surface area contributed by atoms with Crippen LogP contribution in [0.25, 0.3) is 11.0 Å². The number of nitrogens with zero attached hydrogens (tertiary/aromatic N) is 6. The van der Waals surface area contributed by atoms with Gasteiger partial charge in [-0.3, -0.25) is 19.8 Å². The minimum atomic E-state index is -0.754. The highest BCUT2D eigenvalue weighted by molar-refractivity contribution is 5.94. The molecule has 0 radical (unpaired) electrons. The summed E-state index contributed by atoms with van der Waals surface area (Å²) in [6.45, 7) is 1.37. The minimum Gasteiger partial charge on any atom is -0.394 e. The summed E-state index contributed by atoms with van der Waals surface area (Å²) in [5.41, 5.74) is 0.214. The summed E-state index contributed by atoms with van der Waals surface area (Å²) in [6, 6.07) is 10.5. The maximum Gasteiger partial charge on any atom is 0.359 e. The molecule has 0 saturated carbocycles. The summed E-state index contributed by atoms with van der Waals surface area (Å²) in [5, 5.41) is 31.1. The van der Waals surface area contributed by atoms with Crippen LogP contribution < -0.4 is 10.5 Å². The van der Waals surface area contributed by atoms with Crippen molar-refractivity contribution in [2.75, 3.05) is 37.7 Å². The fourth-order valence-corrected chi connectivity index (χ4v) is 4.28. The summed E-state index contributed by atoms with van der Waals surface area (Å²) in [5.74, 6) is -0.366. The lowest BCUT2D eigenvalue weighted by Crippen LogP contribution is -2.49. The zero-order chi connectivity index (χ0) is 23.7. The zero-order valence-corrected chi connectivity index (χ0v) is 17.8. The van der Waals surface area contributed by atoms with Gasteiger partial charge in [0.15, 0.2) is 5.69 Å². The normalized spacial score (nSPS) is 15.4. The van der Waals surface area contributed by atoms with Gasteiger partial charge in [-0.25, -0.2) is 9.37 Å². The Balaban J connectivity index is 1.72. The van der Waals surface area contributed by atoms with Crippen molar-refractivity contribution in [2.24, 2.45) is 7.05 Å². The number of aliphatic hydroxyl groups excluding tert-OH is 1. The summed E-state index contributed by atoms with van der Waals surface area (Å²) in [4.78, 5) is 32.0. The number of nitriles is 1. The van der Waals surface area contributed by atoms with E-state index in [4.69, 9.17) is 0 Å². The van der Waals surface area contributed by atoms with Gasteiger partial charge in [-0.2, -0.15) is 5.26 Å². The van der Waals surface area contributed by atoms with Gasteiger partial charge in [-0.05, 0) is 29.8 Å². The van der Waals surface area contributed by atoms with Crippen LogP contribution in [0.15, 0.2) is 41.2 Å². The van der Waals surface area contributed by atoms with E-state index < -0.39 is 16.2 Å². The van der Waals surface area contributed by atoms with Gasteiger partial charge in [0.2, 0.25) is 0 Å². The minimum absolute atomic E-state index is 0.0898. The molecular formula is C22H21FN6O4. The Hall–Kier alpha value is -3.88. The second kappa shape index (κ2) is 8.93. The monoisotopic (exact) mass is 452 g/mol. The summed E-state index contributed by atoms with van der Waals surface area (Å²) < 4.78 is 14.5. The predicted octanol–water partition coefficient (Wildman–Crippen LogP) is 1.71. The maximum absolute atomic E-state index is 13.3. The molecule has 33 heavy (non-hydrogen) atoms. The largest absolute Gasteiger partial charge is 0.394 e. The van der Waals surface area contributed by atoms with Gasteiger partial charge in [-0.15, -0.1) is 0 Å². The average Bonchev–Trinajstić information content (AvgIpc) is 2.82. The van der Waals surface area contributed by atoms with E-state index in [2.05, 4.69) is 4.98 Å². The Morgan fingerprint density at radius 2 is 1.88 bits per heavy atom. The van der Waals surface area contributed by atoms with Crippen molar-refractivity contribution in [2.45, 2.75) is 6.04 Å². The number of halogens is 1. The molecule has 1 atom stereocenters. The van der Waals surface area contributed by atoms with Crippen LogP contribution in [0.1, 0.15) is 17.3 Å².